The van der Waals surface area contributed by atoms with Gasteiger partial charge in [0.1, 0.15) is 5.69 Å². The van der Waals surface area contributed by atoms with Gasteiger partial charge in [-0.15, -0.1) is 0 Å². The van der Waals surface area contributed by atoms with Gasteiger partial charge in [-0.25, -0.2) is 4.68 Å². The van der Waals surface area contributed by atoms with Crippen LogP contribution in [0.3, 0.4) is 0 Å². The summed E-state index contributed by atoms with van der Waals surface area (Å²) in [5, 5.41) is 13.6. The van der Waals surface area contributed by atoms with Crippen molar-refractivity contribution in [1.82, 2.24) is 9.78 Å². The molecular formula is C12H12BrN3O2. The van der Waals surface area contributed by atoms with Gasteiger partial charge in [0.2, 0.25) is 0 Å². The van der Waals surface area contributed by atoms with Gasteiger partial charge in [-0.05, 0) is 30.7 Å². The Hall–Kier alpha value is -1.66. The lowest BCUT2D eigenvalue weighted by atomic mass is 10.1. The van der Waals surface area contributed by atoms with Crippen molar-refractivity contribution in [2.45, 2.75) is 13.0 Å². The number of benzene rings is 1. The SMILES string of the molecule is CC(O)c1ccc(-n2ccc(C(N)=O)n2)cc1Br. The molecule has 1 aromatic carbocycles. The van der Waals surface area contributed by atoms with E-state index in [4.69, 9.17) is 5.73 Å². The first-order chi connectivity index (χ1) is 8.49. The van der Waals surface area contributed by atoms with E-state index in [2.05, 4.69) is 21.0 Å². The van der Waals surface area contributed by atoms with Gasteiger partial charge in [0.05, 0.1) is 11.8 Å². The molecule has 6 heteroatoms. The van der Waals surface area contributed by atoms with Crippen molar-refractivity contribution < 1.29 is 9.90 Å². The predicted molar refractivity (Wildman–Crippen MR) is 70.4 cm³/mol. The lowest BCUT2D eigenvalue weighted by molar-refractivity contribution is 0.0995. The minimum atomic E-state index is -0.562. The zero-order chi connectivity index (χ0) is 13.3. The molecule has 0 spiro atoms. The van der Waals surface area contributed by atoms with E-state index in [1.54, 1.807) is 29.9 Å². The second-order valence-electron chi connectivity index (χ2n) is 3.89. The van der Waals surface area contributed by atoms with E-state index in [-0.39, 0.29) is 5.69 Å². The number of nitrogens with zero attached hydrogens (tertiary/aromatic N) is 2. The Labute approximate surface area is 112 Å². The van der Waals surface area contributed by atoms with Gasteiger partial charge in [0, 0.05) is 10.7 Å². The molecule has 94 valence electrons. The van der Waals surface area contributed by atoms with Gasteiger partial charge < -0.3 is 10.8 Å². The van der Waals surface area contributed by atoms with Gasteiger partial charge in [0.15, 0.2) is 0 Å². The van der Waals surface area contributed by atoms with E-state index in [0.29, 0.717) is 0 Å². The molecule has 1 aromatic heterocycles. The highest BCUT2D eigenvalue weighted by molar-refractivity contribution is 9.10. The molecule has 3 N–H and O–H groups in total. The summed E-state index contributed by atoms with van der Waals surface area (Å²) in [6.07, 6.45) is 1.11. The highest BCUT2D eigenvalue weighted by atomic mass is 79.9. The number of aromatic nitrogens is 2. The van der Waals surface area contributed by atoms with Crippen LogP contribution in [0.1, 0.15) is 29.1 Å². The maximum Gasteiger partial charge on any atom is 0.269 e. The highest BCUT2D eigenvalue weighted by Crippen LogP contribution is 2.25. The number of primary amides is 1. The molecule has 18 heavy (non-hydrogen) atoms. The van der Waals surface area contributed by atoms with E-state index in [0.717, 1.165) is 15.7 Å². The number of nitrogens with two attached hydrogens (primary N) is 1. The monoisotopic (exact) mass is 309 g/mol. The fraction of sp³-hybridized carbons (Fsp3) is 0.167. The van der Waals surface area contributed by atoms with Gasteiger partial charge in [-0.1, -0.05) is 22.0 Å². The third kappa shape index (κ3) is 2.44. The fourth-order valence-electron chi connectivity index (χ4n) is 1.60. The molecule has 0 aliphatic carbocycles. The van der Waals surface area contributed by atoms with Crippen LogP contribution in [0.2, 0.25) is 0 Å². The van der Waals surface area contributed by atoms with Gasteiger partial charge in [-0.3, -0.25) is 4.79 Å². The van der Waals surface area contributed by atoms with Crippen molar-refractivity contribution >= 4 is 21.8 Å². The molecule has 0 bridgehead atoms. The predicted octanol–water partition coefficient (Wildman–Crippen LogP) is 1.79. The topological polar surface area (TPSA) is 81.1 Å². The number of hydrogen-bond acceptors (Lipinski definition) is 3. The van der Waals surface area contributed by atoms with Crippen LogP contribution in [0.4, 0.5) is 0 Å². The van der Waals surface area contributed by atoms with E-state index < -0.39 is 12.0 Å². The Kier molecular flexibility index (Phi) is 3.49. The van der Waals surface area contributed by atoms with Crippen molar-refractivity contribution in [3.05, 3.63) is 46.2 Å². The molecule has 5 nitrogen and oxygen atoms in total. The molecule has 1 heterocycles. The number of aliphatic hydroxyl groups is 1. The minimum Gasteiger partial charge on any atom is -0.389 e. The number of hydrogen-bond donors (Lipinski definition) is 2. The second kappa shape index (κ2) is 4.91. The molecule has 0 saturated carbocycles. The molecule has 1 unspecified atom stereocenters. The van der Waals surface area contributed by atoms with Gasteiger partial charge in [0.25, 0.3) is 5.91 Å². The molecule has 0 fully saturated rings. The maximum absolute atomic E-state index is 11.0. The van der Waals surface area contributed by atoms with Crippen LogP contribution < -0.4 is 5.73 Å². The van der Waals surface area contributed by atoms with E-state index in [1.807, 2.05) is 12.1 Å². The largest absolute Gasteiger partial charge is 0.389 e. The Morgan fingerprint density at radius 2 is 2.22 bits per heavy atom. The van der Waals surface area contributed by atoms with Crippen molar-refractivity contribution in [3.63, 3.8) is 0 Å². The molecular weight excluding hydrogens is 298 g/mol. The van der Waals surface area contributed by atoms with Crippen molar-refractivity contribution in [3.8, 4) is 5.69 Å². The summed E-state index contributed by atoms with van der Waals surface area (Å²) in [5.41, 5.74) is 6.92. The number of carbonyl (C=O) groups excluding carboxylic acids is 1. The van der Waals surface area contributed by atoms with Crippen LogP contribution in [0.25, 0.3) is 5.69 Å². The minimum absolute atomic E-state index is 0.214. The Morgan fingerprint density at radius 3 is 2.72 bits per heavy atom. The van der Waals surface area contributed by atoms with Crippen LogP contribution in [0, 0.1) is 0 Å². The molecule has 0 aliphatic heterocycles. The normalized spacial score (nSPS) is 12.4. The number of amides is 1. The molecule has 2 rings (SSSR count). The number of carbonyl (C=O) groups is 1. The summed E-state index contributed by atoms with van der Waals surface area (Å²) < 4.78 is 2.34. The molecule has 0 saturated heterocycles. The summed E-state index contributed by atoms with van der Waals surface area (Å²) in [4.78, 5) is 11.0. The van der Waals surface area contributed by atoms with Gasteiger partial charge in [-0.2, -0.15) is 5.10 Å². The first-order valence-electron chi connectivity index (χ1n) is 5.32. The van der Waals surface area contributed by atoms with E-state index >= 15 is 0 Å². The first kappa shape index (κ1) is 12.8. The van der Waals surface area contributed by atoms with Crippen LogP contribution in [0.15, 0.2) is 34.9 Å². The highest BCUT2D eigenvalue weighted by Gasteiger charge is 2.09. The van der Waals surface area contributed by atoms with Crippen LogP contribution in [-0.2, 0) is 0 Å². The standard InChI is InChI=1S/C12H12BrN3O2/c1-7(17)9-3-2-8(6-10(9)13)16-5-4-11(15-16)12(14)18/h2-7,17H,1H3,(H2,14,18). The summed E-state index contributed by atoms with van der Waals surface area (Å²) >= 11 is 3.39. The van der Waals surface area contributed by atoms with Gasteiger partial charge >= 0.3 is 0 Å². The second-order valence-corrected chi connectivity index (χ2v) is 4.75. The smallest absolute Gasteiger partial charge is 0.269 e. The fourth-order valence-corrected chi connectivity index (χ4v) is 2.29. The van der Waals surface area contributed by atoms with Crippen LogP contribution in [0.5, 0.6) is 0 Å². The first-order valence-corrected chi connectivity index (χ1v) is 6.11. The number of rotatable bonds is 3. The third-order valence-electron chi connectivity index (χ3n) is 2.54. The van der Waals surface area contributed by atoms with Crippen molar-refractivity contribution in [1.29, 1.82) is 0 Å². The van der Waals surface area contributed by atoms with Crippen LogP contribution >= 0.6 is 15.9 Å². The molecule has 2 aromatic rings. The summed E-state index contributed by atoms with van der Waals surface area (Å²) in [6, 6.07) is 6.99. The lowest BCUT2D eigenvalue weighted by Crippen LogP contribution is -2.12. The average Bonchev–Trinajstić information content (AvgIpc) is 2.77. The quantitative estimate of drug-likeness (QED) is 0.907. The molecule has 1 atom stereocenters. The third-order valence-corrected chi connectivity index (χ3v) is 3.23. The number of aliphatic hydroxyl groups excluding tert-OH is 1. The molecule has 1 amide bonds. The zero-order valence-electron chi connectivity index (χ0n) is 9.67. The summed E-state index contributed by atoms with van der Waals surface area (Å²) in [6.45, 7) is 1.69. The van der Waals surface area contributed by atoms with Crippen molar-refractivity contribution in [2.24, 2.45) is 5.73 Å². The lowest BCUT2D eigenvalue weighted by Gasteiger charge is -2.09. The van der Waals surface area contributed by atoms with Crippen molar-refractivity contribution in [2.75, 3.05) is 0 Å². The number of halogens is 1. The summed E-state index contributed by atoms with van der Waals surface area (Å²) in [5.74, 6) is -0.562. The Morgan fingerprint density at radius 1 is 1.50 bits per heavy atom. The zero-order valence-corrected chi connectivity index (χ0v) is 11.3. The molecule has 0 aliphatic rings. The average molecular weight is 310 g/mol. The Balaban J connectivity index is 2.39. The summed E-state index contributed by atoms with van der Waals surface area (Å²) in [7, 11) is 0. The molecule has 0 radical (unpaired) electrons. The van der Waals surface area contributed by atoms with E-state index in [9.17, 15) is 9.90 Å². The Bertz CT molecular complexity index is 593. The van der Waals surface area contributed by atoms with E-state index in [1.165, 1.54) is 0 Å². The maximum atomic E-state index is 11.0. The van der Waals surface area contributed by atoms with Crippen LogP contribution in [-0.4, -0.2) is 20.8 Å².